The van der Waals surface area contributed by atoms with Crippen LogP contribution in [0.25, 0.3) is 0 Å². The minimum atomic E-state index is -4.38. The van der Waals surface area contributed by atoms with Crippen LogP contribution in [0.15, 0.2) is 36.8 Å². The molecule has 0 saturated heterocycles. The second-order valence-electron chi connectivity index (χ2n) is 3.73. The Bertz CT molecular complexity index is 572. The van der Waals surface area contributed by atoms with E-state index in [0.29, 0.717) is 5.82 Å². The molecule has 0 fully saturated rings. The summed E-state index contributed by atoms with van der Waals surface area (Å²) in [6.07, 6.45) is -1.75. The summed E-state index contributed by atoms with van der Waals surface area (Å²) in [5.41, 5.74) is -0.544. The van der Waals surface area contributed by atoms with Crippen molar-refractivity contribution >= 4 is 17.4 Å². The van der Waals surface area contributed by atoms with Gasteiger partial charge in [-0.2, -0.15) is 13.2 Å². The van der Waals surface area contributed by atoms with Gasteiger partial charge < -0.3 is 5.32 Å². The van der Waals surface area contributed by atoms with Crippen LogP contribution in [0, 0.1) is 0 Å². The molecule has 3 nitrogen and oxygen atoms in total. The van der Waals surface area contributed by atoms with Crippen molar-refractivity contribution in [1.82, 2.24) is 9.97 Å². The average Bonchev–Trinajstić information content (AvgIpc) is 2.37. The van der Waals surface area contributed by atoms with Crippen LogP contribution in [0.4, 0.5) is 19.0 Å². The minimum Gasteiger partial charge on any atom is -0.365 e. The van der Waals surface area contributed by atoms with E-state index >= 15 is 0 Å². The Hall–Kier alpha value is -1.82. The molecule has 2 aromatic rings. The number of aromatic nitrogens is 2. The van der Waals surface area contributed by atoms with Gasteiger partial charge in [-0.3, -0.25) is 0 Å². The minimum absolute atomic E-state index is 0.0214. The molecule has 1 aromatic carbocycles. The summed E-state index contributed by atoms with van der Waals surface area (Å²) in [4.78, 5) is 7.54. The number of benzene rings is 1. The Kier molecular flexibility index (Phi) is 3.90. The first kappa shape index (κ1) is 13.6. The Morgan fingerprint density at radius 2 is 1.95 bits per heavy atom. The van der Waals surface area contributed by atoms with Crippen molar-refractivity contribution in [3.05, 3.63) is 52.9 Å². The number of halogens is 4. The quantitative estimate of drug-likeness (QED) is 0.934. The number of alkyl halides is 3. The summed E-state index contributed by atoms with van der Waals surface area (Å²) in [5, 5.41) is 3.02. The van der Waals surface area contributed by atoms with Gasteiger partial charge >= 0.3 is 6.18 Å². The average molecular weight is 288 g/mol. The molecule has 1 heterocycles. The molecule has 0 saturated carbocycles. The normalized spacial score (nSPS) is 11.4. The van der Waals surface area contributed by atoms with Gasteiger partial charge in [-0.05, 0) is 11.6 Å². The van der Waals surface area contributed by atoms with Crippen LogP contribution in [-0.4, -0.2) is 9.97 Å². The molecule has 0 bridgehead atoms. The van der Waals surface area contributed by atoms with Gasteiger partial charge in [0.05, 0.1) is 11.8 Å². The molecular formula is C12H9ClF3N3. The van der Waals surface area contributed by atoms with Crippen LogP contribution in [0.5, 0.6) is 0 Å². The molecule has 0 radical (unpaired) electrons. The van der Waals surface area contributed by atoms with Crippen LogP contribution in [0.3, 0.4) is 0 Å². The van der Waals surface area contributed by atoms with Crippen molar-refractivity contribution < 1.29 is 13.2 Å². The van der Waals surface area contributed by atoms with E-state index in [4.69, 9.17) is 11.6 Å². The number of hydrogen-bond acceptors (Lipinski definition) is 3. The summed E-state index contributed by atoms with van der Waals surface area (Å²) >= 11 is 5.81. The van der Waals surface area contributed by atoms with Gasteiger partial charge in [-0.25, -0.2) is 9.97 Å². The fourth-order valence-electron chi connectivity index (χ4n) is 1.57. The van der Waals surface area contributed by atoms with E-state index in [2.05, 4.69) is 15.3 Å². The summed E-state index contributed by atoms with van der Waals surface area (Å²) in [6, 6.07) is 5.35. The van der Waals surface area contributed by atoms with E-state index in [0.717, 1.165) is 6.07 Å². The molecule has 0 aliphatic rings. The molecule has 2 rings (SSSR count). The maximum absolute atomic E-state index is 12.8. The van der Waals surface area contributed by atoms with Crippen molar-refractivity contribution in [3.8, 4) is 0 Å². The number of nitrogens with zero attached hydrogens (tertiary/aromatic N) is 2. The predicted molar refractivity (Wildman–Crippen MR) is 65.8 cm³/mol. The van der Waals surface area contributed by atoms with Crippen molar-refractivity contribution in [2.45, 2.75) is 12.7 Å². The van der Waals surface area contributed by atoms with Gasteiger partial charge in [-0.1, -0.05) is 29.8 Å². The summed E-state index contributed by atoms with van der Waals surface area (Å²) in [6.45, 7) is -0.0214. The lowest BCUT2D eigenvalue weighted by molar-refractivity contribution is -0.138. The fourth-order valence-corrected chi connectivity index (χ4v) is 1.74. The van der Waals surface area contributed by atoms with Crippen molar-refractivity contribution in [2.24, 2.45) is 0 Å². The van der Waals surface area contributed by atoms with E-state index in [-0.39, 0.29) is 17.1 Å². The lowest BCUT2D eigenvalue weighted by Gasteiger charge is -2.13. The lowest BCUT2D eigenvalue weighted by Crippen LogP contribution is -2.12. The molecule has 0 aliphatic carbocycles. The Morgan fingerprint density at radius 3 is 2.63 bits per heavy atom. The van der Waals surface area contributed by atoms with E-state index in [1.54, 1.807) is 6.07 Å². The second-order valence-corrected chi connectivity index (χ2v) is 4.13. The molecule has 0 aliphatic heterocycles. The van der Waals surface area contributed by atoms with Crippen LogP contribution < -0.4 is 5.32 Å². The van der Waals surface area contributed by atoms with Crippen LogP contribution in [0.2, 0.25) is 5.02 Å². The van der Waals surface area contributed by atoms with Crippen molar-refractivity contribution in [1.29, 1.82) is 0 Å². The van der Waals surface area contributed by atoms with E-state index < -0.39 is 11.7 Å². The topological polar surface area (TPSA) is 37.8 Å². The van der Waals surface area contributed by atoms with E-state index in [9.17, 15) is 13.2 Å². The van der Waals surface area contributed by atoms with Crippen molar-refractivity contribution in [2.75, 3.05) is 5.32 Å². The zero-order chi connectivity index (χ0) is 13.9. The zero-order valence-corrected chi connectivity index (χ0v) is 10.3. The first-order valence-electron chi connectivity index (χ1n) is 5.33. The van der Waals surface area contributed by atoms with Gasteiger partial charge in [0.15, 0.2) is 0 Å². The molecule has 0 atom stereocenters. The molecule has 1 aromatic heterocycles. The zero-order valence-electron chi connectivity index (χ0n) is 9.58. The molecule has 0 unspecified atom stereocenters. The molecule has 0 amide bonds. The first-order valence-corrected chi connectivity index (χ1v) is 5.71. The highest BCUT2D eigenvalue weighted by Crippen LogP contribution is 2.32. The lowest BCUT2D eigenvalue weighted by atomic mass is 10.1. The number of rotatable bonds is 3. The Balaban J connectivity index is 2.19. The largest absolute Gasteiger partial charge is 0.416 e. The standard InChI is InChI=1S/C12H9ClF3N3/c13-10-6-17-7-19-11(10)18-5-8-3-1-2-4-9(8)12(14,15)16/h1-4,6-7H,5H2,(H,17,18,19). The first-order chi connectivity index (χ1) is 8.98. The molecule has 1 N–H and O–H groups in total. The SMILES string of the molecule is FC(F)(F)c1ccccc1CNc1ncncc1Cl. The second kappa shape index (κ2) is 5.44. The van der Waals surface area contributed by atoms with Gasteiger partial charge in [0, 0.05) is 6.54 Å². The summed E-state index contributed by atoms with van der Waals surface area (Å²) < 4.78 is 38.3. The highest BCUT2D eigenvalue weighted by molar-refractivity contribution is 6.32. The third-order valence-corrected chi connectivity index (χ3v) is 2.71. The van der Waals surface area contributed by atoms with Crippen molar-refractivity contribution in [3.63, 3.8) is 0 Å². The van der Waals surface area contributed by atoms with Gasteiger partial charge in [0.2, 0.25) is 0 Å². The van der Waals surface area contributed by atoms with Crippen LogP contribution >= 0.6 is 11.6 Å². The smallest absolute Gasteiger partial charge is 0.365 e. The van der Waals surface area contributed by atoms with Gasteiger partial charge in [0.1, 0.15) is 17.2 Å². The monoisotopic (exact) mass is 287 g/mol. The third-order valence-electron chi connectivity index (χ3n) is 2.44. The van der Waals surface area contributed by atoms with E-state index in [1.807, 2.05) is 0 Å². The molecule has 7 heteroatoms. The number of nitrogens with one attached hydrogen (secondary N) is 1. The summed E-state index contributed by atoms with van der Waals surface area (Å²) in [5.74, 6) is 0.300. The Morgan fingerprint density at radius 1 is 1.21 bits per heavy atom. The third kappa shape index (κ3) is 3.35. The molecule has 0 spiro atoms. The maximum Gasteiger partial charge on any atom is 0.416 e. The highest BCUT2D eigenvalue weighted by atomic mass is 35.5. The van der Waals surface area contributed by atoms with E-state index in [1.165, 1.54) is 24.7 Å². The fraction of sp³-hybridized carbons (Fsp3) is 0.167. The Labute approximate surface area is 112 Å². The molecule has 19 heavy (non-hydrogen) atoms. The summed E-state index contributed by atoms with van der Waals surface area (Å²) in [7, 11) is 0. The number of hydrogen-bond donors (Lipinski definition) is 1. The predicted octanol–water partition coefficient (Wildman–Crippen LogP) is 3.76. The maximum atomic E-state index is 12.8. The molecule has 100 valence electrons. The van der Waals surface area contributed by atoms with Crippen LogP contribution in [-0.2, 0) is 12.7 Å². The number of anilines is 1. The highest BCUT2D eigenvalue weighted by Gasteiger charge is 2.32. The van der Waals surface area contributed by atoms with Gasteiger partial charge in [-0.15, -0.1) is 0 Å². The van der Waals surface area contributed by atoms with Crippen LogP contribution in [0.1, 0.15) is 11.1 Å². The van der Waals surface area contributed by atoms with Gasteiger partial charge in [0.25, 0.3) is 0 Å². The molecular weight excluding hydrogens is 279 g/mol.